The van der Waals surface area contributed by atoms with Crippen LogP contribution in [-0.4, -0.2) is 16.1 Å². The van der Waals surface area contributed by atoms with Gasteiger partial charge in [-0.2, -0.15) is 0 Å². The van der Waals surface area contributed by atoms with Crippen molar-refractivity contribution in [2.45, 2.75) is 18.4 Å². The van der Waals surface area contributed by atoms with Gasteiger partial charge in [-0.3, -0.25) is 10.1 Å². The van der Waals surface area contributed by atoms with Crippen molar-refractivity contribution in [2.75, 3.05) is 0 Å². The van der Waals surface area contributed by atoms with E-state index in [0.717, 1.165) is 6.42 Å². The average Bonchev–Trinajstić information content (AvgIpc) is 2.82. The molecule has 0 heterocycles. The molecule has 0 saturated heterocycles. The number of nitrogens with two attached hydrogens (primary N) is 1. The first-order valence-electron chi connectivity index (χ1n) is 4.32. The Morgan fingerprint density at radius 1 is 1.57 bits per heavy atom. The molecular formula is C9H10N2O3. The summed E-state index contributed by atoms with van der Waals surface area (Å²) in [6.07, 6.45) is 0.754. The van der Waals surface area contributed by atoms with Crippen LogP contribution in [0.4, 0.5) is 5.69 Å². The molecule has 1 saturated carbocycles. The molecule has 1 aliphatic carbocycles. The molecule has 0 radical (unpaired) electrons. The Hall–Kier alpha value is -1.62. The van der Waals surface area contributed by atoms with E-state index in [4.69, 9.17) is 5.73 Å². The van der Waals surface area contributed by atoms with Crippen LogP contribution in [-0.2, 0) is 0 Å². The van der Waals surface area contributed by atoms with E-state index in [1.807, 2.05) is 0 Å². The molecular weight excluding hydrogens is 184 g/mol. The van der Waals surface area contributed by atoms with Gasteiger partial charge in [0, 0.05) is 23.6 Å². The highest BCUT2D eigenvalue weighted by atomic mass is 16.6. The summed E-state index contributed by atoms with van der Waals surface area (Å²) in [5.74, 6) is 0.0761. The fraction of sp³-hybridized carbons (Fsp3) is 0.333. The lowest BCUT2D eigenvalue weighted by molar-refractivity contribution is -0.385. The number of phenols is 1. The van der Waals surface area contributed by atoms with Gasteiger partial charge in [-0.05, 0) is 18.6 Å². The second kappa shape index (κ2) is 2.95. The van der Waals surface area contributed by atoms with Crippen LogP contribution in [0.1, 0.15) is 17.9 Å². The quantitative estimate of drug-likeness (QED) is 0.545. The molecule has 1 aliphatic rings. The molecule has 0 bridgehead atoms. The fourth-order valence-corrected chi connectivity index (χ4v) is 1.58. The zero-order chi connectivity index (χ0) is 10.3. The number of nitro groups is 1. The Morgan fingerprint density at radius 2 is 2.21 bits per heavy atom. The molecule has 0 spiro atoms. The first kappa shape index (κ1) is 8.96. The number of nitro benzene ring substituents is 1. The lowest BCUT2D eigenvalue weighted by Gasteiger charge is -2.01. The van der Waals surface area contributed by atoms with Gasteiger partial charge in [-0.25, -0.2) is 0 Å². The highest BCUT2D eigenvalue weighted by Gasteiger charge is 2.39. The molecule has 5 nitrogen and oxygen atoms in total. The van der Waals surface area contributed by atoms with Gasteiger partial charge >= 0.3 is 0 Å². The summed E-state index contributed by atoms with van der Waals surface area (Å²) in [5, 5.41) is 19.9. The number of nitrogens with zero attached hydrogens (tertiary/aromatic N) is 1. The highest BCUT2D eigenvalue weighted by Crippen LogP contribution is 2.44. The minimum atomic E-state index is -0.445. The first-order valence-corrected chi connectivity index (χ1v) is 4.32. The highest BCUT2D eigenvalue weighted by molar-refractivity contribution is 5.49. The van der Waals surface area contributed by atoms with E-state index < -0.39 is 4.92 Å². The molecule has 3 N–H and O–H groups in total. The Labute approximate surface area is 80.3 Å². The maximum Gasteiger partial charge on any atom is 0.273 e. The van der Waals surface area contributed by atoms with Crippen molar-refractivity contribution in [2.24, 2.45) is 5.73 Å². The van der Waals surface area contributed by atoms with Crippen molar-refractivity contribution >= 4 is 5.69 Å². The SMILES string of the molecule is NC1CC1c1cc(O)ccc1[N+](=O)[O-]. The normalized spacial score (nSPS) is 24.6. The lowest BCUT2D eigenvalue weighted by atomic mass is 10.1. The first-order chi connectivity index (χ1) is 6.59. The largest absolute Gasteiger partial charge is 0.508 e. The van der Waals surface area contributed by atoms with Crippen LogP contribution >= 0.6 is 0 Å². The van der Waals surface area contributed by atoms with Gasteiger partial charge in [0.2, 0.25) is 0 Å². The standard InChI is InChI=1S/C9H10N2O3/c10-8-4-6(8)7-3-5(12)1-2-9(7)11(13)14/h1-3,6,8,12H,4,10H2. The molecule has 1 fully saturated rings. The summed E-state index contributed by atoms with van der Waals surface area (Å²) in [4.78, 5) is 10.2. The molecule has 2 rings (SSSR count). The van der Waals surface area contributed by atoms with Gasteiger partial charge in [0.1, 0.15) is 5.75 Å². The van der Waals surface area contributed by atoms with E-state index >= 15 is 0 Å². The number of phenolic OH excluding ortho intramolecular Hbond substituents is 1. The van der Waals surface area contributed by atoms with Crippen molar-refractivity contribution in [1.82, 2.24) is 0 Å². The van der Waals surface area contributed by atoms with Crippen molar-refractivity contribution in [3.63, 3.8) is 0 Å². The van der Waals surface area contributed by atoms with Crippen LogP contribution in [0.25, 0.3) is 0 Å². The summed E-state index contributed by atoms with van der Waals surface area (Å²) in [7, 11) is 0. The Balaban J connectivity index is 2.44. The molecule has 0 aromatic heterocycles. The number of hydrogen-bond acceptors (Lipinski definition) is 4. The maximum atomic E-state index is 10.7. The smallest absolute Gasteiger partial charge is 0.273 e. The number of hydrogen-bond donors (Lipinski definition) is 2. The van der Waals surface area contributed by atoms with Crippen LogP contribution in [0.15, 0.2) is 18.2 Å². The van der Waals surface area contributed by atoms with Gasteiger partial charge in [0.05, 0.1) is 4.92 Å². The van der Waals surface area contributed by atoms with Gasteiger partial charge in [0.25, 0.3) is 5.69 Å². The summed E-state index contributed by atoms with van der Waals surface area (Å²) in [6.45, 7) is 0. The van der Waals surface area contributed by atoms with Crippen molar-refractivity contribution < 1.29 is 10.0 Å². The third kappa shape index (κ3) is 1.42. The van der Waals surface area contributed by atoms with Crippen LogP contribution in [0, 0.1) is 10.1 Å². The minimum Gasteiger partial charge on any atom is -0.508 e. The predicted octanol–water partition coefficient (Wildman–Crippen LogP) is 1.11. The van der Waals surface area contributed by atoms with Gasteiger partial charge in [0.15, 0.2) is 0 Å². The van der Waals surface area contributed by atoms with E-state index in [1.165, 1.54) is 18.2 Å². The van der Waals surface area contributed by atoms with Crippen LogP contribution in [0.2, 0.25) is 0 Å². The molecule has 2 atom stereocenters. The molecule has 0 aliphatic heterocycles. The zero-order valence-corrected chi connectivity index (χ0v) is 7.38. The van der Waals surface area contributed by atoms with Gasteiger partial charge in [-0.1, -0.05) is 0 Å². The molecule has 1 aromatic carbocycles. The second-order valence-corrected chi connectivity index (χ2v) is 3.51. The van der Waals surface area contributed by atoms with E-state index in [2.05, 4.69) is 0 Å². The Kier molecular flexibility index (Phi) is 1.89. The van der Waals surface area contributed by atoms with E-state index in [9.17, 15) is 15.2 Å². The van der Waals surface area contributed by atoms with Gasteiger partial charge in [-0.15, -0.1) is 0 Å². The van der Waals surface area contributed by atoms with Crippen LogP contribution < -0.4 is 5.73 Å². The lowest BCUT2D eigenvalue weighted by Crippen LogP contribution is -2.03. The molecule has 2 unspecified atom stereocenters. The topological polar surface area (TPSA) is 89.4 Å². The van der Waals surface area contributed by atoms with E-state index in [-0.39, 0.29) is 23.4 Å². The average molecular weight is 194 g/mol. The Bertz CT molecular complexity index is 392. The number of rotatable bonds is 2. The number of aromatic hydroxyl groups is 1. The van der Waals surface area contributed by atoms with Crippen molar-refractivity contribution in [1.29, 1.82) is 0 Å². The third-order valence-electron chi connectivity index (χ3n) is 2.45. The summed E-state index contributed by atoms with van der Waals surface area (Å²) in [5.41, 5.74) is 6.20. The van der Waals surface area contributed by atoms with E-state index in [0.29, 0.717) is 5.56 Å². The molecule has 74 valence electrons. The summed E-state index contributed by atoms with van der Waals surface area (Å²) >= 11 is 0. The molecule has 5 heteroatoms. The monoisotopic (exact) mass is 194 g/mol. The second-order valence-electron chi connectivity index (χ2n) is 3.51. The van der Waals surface area contributed by atoms with Gasteiger partial charge < -0.3 is 10.8 Å². The molecule has 14 heavy (non-hydrogen) atoms. The van der Waals surface area contributed by atoms with Crippen LogP contribution in [0.5, 0.6) is 5.75 Å². The third-order valence-corrected chi connectivity index (χ3v) is 2.45. The fourth-order valence-electron chi connectivity index (χ4n) is 1.58. The maximum absolute atomic E-state index is 10.7. The summed E-state index contributed by atoms with van der Waals surface area (Å²) in [6, 6.07) is 4.05. The summed E-state index contributed by atoms with van der Waals surface area (Å²) < 4.78 is 0. The molecule has 1 aromatic rings. The van der Waals surface area contributed by atoms with Crippen LogP contribution in [0.3, 0.4) is 0 Å². The van der Waals surface area contributed by atoms with E-state index in [1.54, 1.807) is 0 Å². The predicted molar refractivity (Wildman–Crippen MR) is 50.1 cm³/mol. The number of benzene rings is 1. The van der Waals surface area contributed by atoms with Crippen molar-refractivity contribution in [3.05, 3.63) is 33.9 Å². The Morgan fingerprint density at radius 3 is 2.71 bits per heavy atom. The zero-order valence-electron chi connectivity index (χ0n) is 7.38. The minimum absolute atomic E-state index is 0.00417. The van der Waals surface area contributed by atoms with Crippen molar-refractivity contribution in [3.8, 4) is 5.75 Å². The molecule has 0 amide bonds.